The average molecular weight is 334 g/mol. The lowest BCUT2D eigenvalue weighted by atomic mass is 10.1. The predicted octanol–water partition coefficient (Wildman–Crippen LogP) is 1.97. The van der Waals surface area contributed by atoms with Crippen LogP contribution in [0.4, 0.5) is 13.2 Å². The fourth-order valence-corrected chi connectivity index (χ4v) is 1.98. The molecule has 2 aromatic rings. The van der Waals surface area contributed by atoms with Gasteiger partial charge in [-0.2, -0.15) is 23.3 Å². The Bertz CT molecular complexity index is 639. The van der Waals surface area contributed by atoms with Gasteiger partial charge in [0.25, 0.3) is 0 Å². The molecule has 2 rings (SSSR count). The van der Waals surface area contributed by atoms with Gasteiger partial charge >= 0.3 is 6.18 Å². The van der Waals surface area contributed by atoms with Gasteiger partial charge < -0.3 is 14.4 Å². The van der Waals surface area contributed by atoms with Crippen molar-refractivity contribution in [2.45, 2.75) is 38.6 Å². The number of nitrogens with zero attached hydrogens (tertiary/aromatic N) is 4. The molecule has 0 fully saturated rings. The second-order valence-electron chi connectivity index (χ2n) is 4.95. The quantitative estimate of drug-likeness (QED) is 0.833. The van der Waals surface area contributed by atoms with Gasteiger partial charge in [0.1, 0.15) is 12.6 Å². The molecule has 0 spiro atoms. The van der Waals surface area contributed by atoms with Crippen molar-refractivity contribution < 1.29 is 27.5 Å². The molecule has 1 unspecified atom stereocenters. The Balaban J connectivity index is 2.19. The van der Waals surface area contributed by atoms with Crippen molar-refractivity contribution in [2.75, 3.05) is 13.7 Å². The first kappa shape index (κ1) is 17.4. The number of methoxy groups -OCH3 is 1. The minimum absolute atomic E-state index is 0.0246. The van der Waals surface area contributed by atoms with Crippen molar-refractivity contribution in [3.8, 4) is 0 Å². The van der Waals surface area contributed by atoms with Crippen molar-refractivity contribution in [1.29, 1.82) is 0 Å². The molecule has 1 atom stereocenters. The van der Waals surface area contributed by atoms with Crippen LogP contribution in [0, 0.1) is 0 Å². The van der Waals surface area contributed by atoms with Crippen LogP contribution in [0.5, 0.6) is 0 Å². The molecule has 0 saturated carbocycles. The van der Waals surface area contributed by atoms with Crippen molar-refractivity contribution >= 4 is 0 Å². The molecule has 0 aromatic carbocycles. The number of hydrogen-bond acceptors (Lipinski definition) is 6. The summed E-state index contributed by atoms with van der Waals surface area (Å²) in [6.07, 6.45) is -3.34. The summed E-state index contributed by atoms with van der Waals surface area (Å²) >= 11 is 0. The molecule has 0 bridgehead atoms. The van der Waals surface area contributed by atoms with Crippen LogP contribution in [0.1, 0.15) is 42.4 Å². The normalized spacial score (nSPS) is 13.5. The van der Waals surface area contributed by atoms with E-state index in [1.54, 1.807) is 6.92 Å². The van der Waals surface area contributed by atoms with Crippen LogP contribution in [-0.2, 0) is 23.9 Å². The number of rotatable bonds is 7. The van der Waals surface area contributed by atoms with E-state index in [0.29, 0.717) is 5.82 Å². The Labute approximate surface area is 130 Å². The van der Waals surface area contributed by atoms with Gasteiger partial charge in [-0.1, -0.05) is 5.16 Å². The van der Waals surface area contributed by atoms with Gasteiger partial charge in [-0.3, -0.25) is 4.68 Å². The van der Waals surface area contributed by atoms with Crippen LogP contribution >= 0.6 is 0 Å². The van der Waals surface area contributed by atoms with E-state index in [1.165, 1.54) is 13.3 Å². The SMILES string of the molecule is COC(C)c1noc(Cn2cc(CCCO)c(C(F)(F)F)n2)n1. The molecule has 23 heavy (non-hydrogen) atoms. The molecule has 2 heterocycles. The summed E-state index contributed by atoms with van der Waals surface area (Å²) in [5.41, 5.74) is -0.938. The minimum atomic E-state index is -4.55. The first-order valence-corrected chi connectivity index (χ1v) is 6.94. The largest absolute Gasteiger partial charge is 0.435 e. The number of hydrogen-bond donors (Lipinski definition) is 1. The third-order valence-electron chi connectivity index (χ3n) is 3.21. The summed E-state index contributed by atoms with van der Waals surface area (Å²) in [6, 6.07) is 0. The zero-order valence-electron chi connectivity index (χ0n) is 12.7. The van der Waals surface area contributed by atoms with Crippen molar-refractivity contribution in [1.82, 2.24) is 19.9 Å². The fourth-order valence-electron chi connectivity index (χ4n) is 1.98. The van der Waals surface area contributed by atoms with E-state index in [4.69, 9.17) is 14.4 Å². The first-order chi connectivity index (χ1) is 10.8. The second kappa shape index (κ2) is 7.09. The van der Waals surface area contributed by atoms with Crippen molar-refractivity contribution in [3.63, 3.8) is 0 Å². The number of alkyl halides is 3. The number of aliphatic hydroxyl groups is 1. The maximum atomic E-state index is 13.0. The van der Waals surface area contributed by atoms with Crippen LogP contribution in [-0.4, -0.2) is 38.7 Å². The van der Waals surface area contributed by atoms with Gasteiger partial charge in [0, 0.05) is 25.5 Å². The van der Waals surface area contributed by atoms with Gasteiger partial charge in [-0.05, 0) is 19.8 Å². The Kier molecular flexibility index (Phi) is 5.37. The second-order valence-corrected chi connectivity index (χ2v) is 4.95. The highest BCUT2D eigenvalue weighted by atomic mass is 19.4. The van der Waals surface area contributed by atoms with E-state index in [1.807, 2.05) is 0 Å². The van der Waals surface area contributed by atoms with E-state index in [2.05, 4.69) is 15.2 Å². The smallest absolute Gasteiger partial charge is 0.396 e. The van der Waals surface area contributed by atoms with Crippen LogP contribution in [0.2, 0.25) is 0 Å². The Morgan fingerprint density at radius 1 is 1.43 bits per heavy atom. The number of aromatic nitrogens is 4. The minimum Gasteiger partial charge on any atom is -0.396 e. The molecule has 0 aliphatic carbocycles. The van der Waals surface area contributed by atoms with Gasteiger partial charge in [-0.15, -0.1) is 0 Å². The maximum absolute atomic E-state index is 13.0. The molecule has 10 heteroatoms. The lowest BCUT2D eigenvalue weighted by molar-refractivity contribution is -0.142. The molecule has 2 aromatic heterocycles. The molecule has 0 aliphatic rings. The summed E-state index contributed by atoms with van der Waals surface area (Å²) in [4.78, 5) is 4.05. The van der Waals surface area contributed by atoms with E-state index in [0.717, 1.165) is 4.68 Å². The summed E-state index contributed by atoms with van der Waals surface area (Å²) in [5, 5.41) is 16.0. The molecule has 1 N–H and O–H groups in total. The van der Waals surface area contributed by atoms with Crippen LogP contribution in [0.3, 0.4) is 0 Å². The van der Waals surface area contributed by atoms with Gasteiger partial charge in [0.15, 0.2) is 11.5 Å². The molecule has 0 amide bonds. The van der Waals surface area contributed by atoms with Gasteiger partial charge in [0.05, 0.1) is 0 Å². The maximum Gasteiger partial charge on any atom is 0.435 e. The predicted molar refractivity (Wildman–Crippen MR) is 71.5 cm³/mol. The molecule has 0 aliphatic heterocycles. The Morgan fingerprint density at radius 2 is 2.17 bits per heavy atom. The van der Waals surface area contributed by atoms with E-state index in [9.17, 15) is 13.2 Å². The topological polar surface area (TPSA) is 86.2 Å². The standard InChI is InChI=1S/C13H17F3N4O3/c1-8(22-2)12-17-10(23-19-12)7-20-6-9(4-3-5-21)11(18-20)13(14,15)16/h6,8,21H,3-5,7H2,1-2H3. The van der Waals surface area contributed by atoms with Crippen molar-refractivity contribution in [3.05, 3.63) is 29.2 Å². The lowest BCUT2D eigenvalue weighted by Gasteiger charge is -2.04. The number of aryl methyl sites for hydroxylation is 1. The van der Waals surface area contributed by atoms with E-state index in [-0.39, 0.29) is 43.6 Å². The lowest BCUT2D eigenvalue weighted by Crippen LogP contribution is -2.10. The molecule has 7 nitrogen and oxygen atoms in total. The molecular weight excluding hydrogens is 317 g/mol. The molecule has 128 valence electrons. The summed E-state index contributed by atoms with van der Waals surface area (Å²) in [7, 11) is 1.48. The van der Waals surface area contributed by atoms with Crippen molar-refractivity contribution in [2.24, 2.45) is 0 Å². The van der Waals surface area contributed by atoms with Gasteiger partial charge in [0.2, 0.25) is 5.89 Å². The van der Waals surface area contributed by atoms with E-state index < -0.39 is 11.9 Å². The van der Waals surface area contributed by atoms with Crippen LogP contribution in [0.15, 0.2) is 10.7 Å². The number of ether oxygens (including phenoxy) is 1. The Morgan fingerprint density at radius 3 is 2.78 bits per heavy atom. The fraction of sp³-hybridized carbons (Fsp3) is 0.615. The summed E-state index contributed by atoms with van der Waals surface area (Å²) in [6.45, 7) is 1.45. The summed E-state index contributed by atoms with van der Waals surface area (Å²) in [5.74, 6) is 0.444. The Hall–Kier alpha value is -1.94. The zero-order chi connectivity index (χ0) is 17.0. The zero-order valence-corrected chi connectivity index (χ0v) is 12.7. The number of halogens is 3. The highest BCUT2D eigenvalue weighted by molar-refractivity contribution is 5.20. The number of aliphatic hydroxyl groups excluding tert-OH is 1. The molecular formula is C13H17F3N4O3. The molecule has 0 radical (unpaired) electrons. The van der Waals surface area contributed by atoms with E-state index >= 15 is 0 Å². The van der Waals surface area contributed by atoms with Crippen LogP contribution in [0.25, 0.3) is 0 Å². The third kappa shape index (κ3) is 4.29. The highest BCUT2D eigenvalue weighted by Crippen LogP contribution is 2.31. The van der Waals surface area contributed by atoms with Gasteiger partial charge in [-0.25, -0.2) is 0 Å². The average Bonchev–Trinajstić information content (AvgIpc) is 3.11. The summed E-state index contributed by atoms with van der Waals surface area (Å²) < 4.78 is 50.0. The first-order valence-electron chi connectivity index (χ1n) is 6.94. The monoisotopic (exact) mass is 334 g/mol. The van der Waals surface area contributed by atoms with Crippen LogP contribution < -0.4 is 0 Å². The molecule has 0 saturated heterocycles. The highest BCUT2D eigenvalue weighted by Gasteiger charge is 2.37. The third-order valence-corrected chi connectivity index (χ3v) is 3.21.